The average molecular weight is 258 g/mol. The summed E-state index contributed by atoms with van der Waals surface area (Å²) < 4.78 is 4.95. The normalized spacial score (nSPS) is 10.6. The maximum atomic E-state index is 12.1. The number of rotatable bonds is 5. The van der Waals surface area contributed by atoms with Crippen LogP contribution >= 0.6 is 0 Å². The third-order valence-corrected chi connectivity index (χ3v) is 2.97. The van der Waals surface area contributed by atoms with Crippen LogP contribution < -0.4 is 5.32 Å². The van der Waals surface area contributed by atoms with Crippen LogP contribution in [0, 0.1) is 6.92 Å². The Morgan fingerprint density at radius 3 is 2.95 bits per heavy atom. The average Bonchev–Trinajstić information content (AvgIpc) is 2.42. The lowest BCUT2D eigenvalue weighted by Gasteiger charge is -2.08. The fourth-order valence-electron chi connectivity index (χ4n) is 1.96. The zero-order valence-electron chi connectivity index (χ0n) is 11.3. The molecule has 0 unspecified atom stereocenters. The molecule has 0 atom stereocenters. The molecule has 0 aliphatic carbocycles. The summed E-state index contributed by atoms with van der Waals surface area (Å²) in [6, 6.07) is 9.69. The van der Waals surface area contributed by atoms with E-state index < -0.39 is 0 Å². The van der Waals surface area contributed by atoms with Crippen molar-refractivity contribution in [2.75, 3.05) is 20.3 Å². The van der Waals surface area contributed by atoms with E-state index in [0.717, 1.165) is 23.0 Å². The molecule has 1 heterocycles. The molecule has 4 heteroatoms. The van der Waals surface area contributed by atoms with Gasteiger partial charge in [-0.25, -0.2) is 0 Å². The number of carbonyl (C=O) groups is 1. The van der Waals surface area contributed by atoms with Crippen molar-refractivity contribution in [3.63, 3.8) is 0 Å². The van der Waals surface area contributed by atoms with Crippen LogP contribution in [0.5, 0.6) is 0 Å². The van der Waals surface area contributed by atoms with Crippen molar-refractivity contribution < 1.29 is 9.53 Å². The number of hydrogen-bond acceptors (Lipinski definition) is 3. The molecule has 0 radical (unpaired) electrons. The van der Waals surface area contributed by atoms with E-state index in [0.29, 0.717) is 18.7 Å². The van der Waals surface area contributed by atoms with E-state index in [1.54, 1.807) is 7.11 Å². The molecule has 2 aromatic rings. The molecule has 0 bridgehead atoms. The number of nitrogens with zero attached hydrogens (tertiary/aromatic N) is 1. The van der Waals surface area contributed by atoms with Crippen molar-refractivity contribution in [3.8, 4) is 0 Å². The molecule has 0 aliphatic heterocycles. The number of methoxy groups -OCH3 is 1. The number of carbonyl (C=O) groups excluding carboxylic acids is 1. The number of amides is 1. The standard InChI is InChI=1S/C15H18N2O2/c1-11-13(15(18)16-8-5-9-19-2)10-12-6-3-4-7-14(12)17-11/h3-4,6-7,10H,5,8-9H2,1-2H3,(H,16,18). The Morgan fingerprint density at radius 1 is 1.37 bits per heavy atom. The Balaban J connectivity index is 2.15. The fourth-order valence-corrected chi connectivity index (χ4v) is 1.96. The topological polar surface area (TPSA) is 51.2 Å². The number of nitrogens with one attached hydrogen (secondary N) is 1. The Morgan fingerprint density at radius 2 is 2.16 bits per heavy atom. The van der Waals surface area contributed by atoms with Gasteiger partial charge in [-0.3, -0.25) is 9.78 Å². The summed E-state index contributed by atoms with van der Waals surface area (Å²) in [6.45, 7) is 3.12. The van der Waals surface area contributed by atoms with E-state index in [1.807, 2.05) is 37.3 Å². The zero-order chi connectivity index (χ0) is 13.7. The van der Waals surface area contributed by atoms with Gasteiger partial charge >= 0.3 is 0 Å². The Bertz CT molecular complexity index is 581. The van der Waals surface area contributed by atoms with Crippen molar-refractivity contribution >= 4 is 16.8 Å². The van der Waals surface area contributed by atoms with Gasteiger partial charge in [-0.2, -0.15) is 0 Å². The first kappa shape index (κ1) is 13.5. The molecule has 0 saturated heterocycles. The van der Waals surface area contributed by atoms with Crippen molar-refractivity contribution in [2.45, 2.75) is 13.3 Å². The maximum Gasteiger partial charge on any atom is 0.253 e. The lowest BCUT2D eigenvalue weighted by Crippen LogP contribution is -2.26. The Hall–Kier alpha value is -1.94. The predicted octanol–water partition coefficient (Wildman–Crippen LogP) is 2.31. The van der Waals surface area contributed by atoms with Gasteiger partial charge < -0.3 is 10.1 Å². The lowest BCUT2D eigenvalue weighted by molar-refractivity contribution is 0.0948. The van der Waals surface area contributed by atoms with Crippen LogP contribution in [0.1, 0.15) is 22.5 Å². The Kier molecular flexibility index (Phi) is 4.47. The monoisotopic (exact) mass is 258 g/mol. The number of para-hydroxylation sites is 1. The minimum atomic E-state index is -0.0770. The molecule has 0 spiro atoms. The number of hydrogen-bond donors (Lipinski definition) is 1. The minimum absolute atomic E-state index is 0.0770. The molecule has 1 N–H and O–H groups in total. The summed E-state index contributed by atoms with van der Waals surface area (Å²) >= 11 is 0. The van der Waals surface area contributed by atoms with Gasteiger partial charge in [-0.05, 0) is 25.5 Å². The first-order chi connectivity index (χ1) is 9.22. The molecular formula is C15H18N2O2. The number of ether oxygens (including phenoxy) is 1. The highest BCUT2D eigenvalue weighted by molar-refractivity contribution is 5.98. The molecule has 1 amide bonds. The smallest absolute Gasteiger partial charge is 0.253 e. The number of benzene rings is 1. The van der Waals surface area contributed by atoms with Gasteiger partial charge in [0.2, 0.25) is 0 Å². The highest BCUT2D eigenvalue weighted by Crippen LogP contribution is 2.16. The molecule has 19 heavy (non-hydrogen) atoms. The first-order valence-electron chi connectivity index (χ1n) is 6.36. The molecular weight excluding hydrogens is 240 g/mol. The maximum absolute atomic E-state index is 12.1. The second kappa shape index (κ2) is 6.29. The van der Waals surface area contributed by atoms with Crippen molar-refractivity contribution in [1.29, 1.82) is 0 Å². The number of aromatic nitrogens is 1. The van der Waals surface area contributed by atoms with Gasteiger partial charge in [0, 0.05) is 25.6 Å². The van der Waals surface area contributed by atoms with E-state index >= 15 is 0 Å². The second-order valence-corrected chi connectivity index (χ2v) is 4.42. The van der Waals surface area contributed by atoms with E-state index in [-0.39, 0.29) is 5.91 Å². The van der Waals surface area contributed by atoms with E-state index in [1.165, 1.54) is 0 Å². The summed E-state index contributed by atoms with van der Waals surface area (Å²) in [4.78, 5) is 16.5. The predicted molar refractivity (Wildman–Crippen MR) is 75.3 cm³/mol. The largest absolute Gasteiger partial charge is 0.385 e. The molecule has 0 aliphatic rings. The Labute approximate surface area is 112 Å². The molecule has 100 valence electrons. The van der Waals surface area contributed by atoms with E-state index in [9.17, 15) is 4.79 Å². The van der Waals surface area contributed by atoms with Gasteiger partial charge in [-0.15, -0.1) is 0 Å². The lowest BCUT2D eigenvalue weighted by atomic mass is 10.1. The molecule has 0 fully saturated rings. The van der Waals surface area contributed by atoms with Crippen molar-refractivity contribution in [1.82, 2.24) is 10.3 Å². The SMILES string of the molecule is COCCCNC(=O)c1cc2ccccc2nc1C. The molecule has 1 aromatic carbocycles. The van der Waals surface area contributed by atoms with Gasteiger partial charge in [0.15, 0.2) is 0 Å². The van der Waals surface area contributed by atoms with E-state index in [4.69, 9.17) is 4.74 Å². The fraction of sp³-hybridized carbons (Fsp3) is 0.333. The van der Waals surface area contributed by atoms with Crippen LogP contribution in [0.2, 0.25) is 0 Å². The van der Waals surface area contributed by atoms with Gasteiger partial charge in [0.05, 0.1) is 16.8 Å². The summed E-state index contributed by atoms with van der Waals surface area (Å²) in [7, 11) is 1.65. The van der Waals surface area contributed by atoms with Crippen LogP contribution in [0.15, 0.2) is 30.3 Å². The summed E-state index contributed by atoms with van der Waals surface area (Å²) in [5, 5.41) is 3.86. The summed E-state index contributed by atoms with van der Waals surface area (Å²) in [5.74, 6) is -0.0770. The van der Waals surface area contributed by atoms with Gasteiger partial charge in [0.25, 0.3) is 5.91 Å². The van der Waals surface area contributed by atoms with Crippen LogP contribution in [-0.2, 0) is 4.74 Å². The summed E-state index contributed by atoms with van der Waals surface area (Å²) in [6.07, 6.45) is 0.808. The molecule has 1 aromatic heterocycles. The number of pyridine rings is 1. The van der Waals surface area contributed by atoms with Crippen molar-refractivity contribution in [2.24, 2.45) is 0 Å². The number of aryl methyl sites for hydroxylation is 1. The molecule has 0 saturated carbocycles. The summed E-state index contributed by atoms with van der Waals surface area (Å²) in [5.41, 5.74) is 2.30. The highest BCUT2D eigenvalue weighted by Gasteiger charge is 2.10. The number of fused-ring (bicyclic) bond motifs is 1. The highest BCUT2D eigenvalue weighted by atomic mass is 16.5. The minimum Gasteiger partial charge on any atom is -0.385 e. The third kappa shape index (κ3) is 3.29. The van der Waals surface area contributed by atoms with Gasteiger partial charge in [0.1, 0.15) is 0 Å². The van der Waals surface area contributed by atoms with E-state index in [2.05, 4.69) is 10.3 Å². The van der Waals surface area contributed by atoms with Crippen molar-refractivity contribution in [3.05, 3.63) is 41.6 Å². The third-order valence-electron chi connectivity index (χ3n) is 2.97. The first-order valence-corrected chi connectivity index (χ1v) is 6.36. The quantitative estimate of drug-likeness (QED) is 0.837. The van der Waals surface area contributed by atoms with Crippen LogP contribution in [0.25, 0.3) is 10.9 Å². The molecule has 2 rings (SSSR count). The van der Waals surface area contributed by atoms with Crippen LogP contribution in [0.4, 0.5) is 0 Å². The van der Waals surface area contributed by atoms with Crippen LogP contribution in [0.3, 0.4) is 0 Å². The zero-order valence-corrected chi connectivity index (χ0v) is 11.3. The molecule has 4 nitrogen and oxygen atoms in total. The van der Waals surface area contributed by atoms with Gasteiger partial charge in [-0.1, -0.05) is 18.2 Å². The van der Waals surface area contributed by atoms with Crippen LogP contribution in [-0.4, -0.2) is 31.2 Å². The second-order valence-electron chi connectivity index (χ2n) is 4.42.